The summed E-state index contributed by atoms with van der Waals surface area (Å²) in [7, 11) is 1.72. The molecule has 0 saturated heterocycles. The van der Waals surface area contributed by atoms with Crippen LogP contribution in [0, 0.1) is 0 Å². The number of hydrogen-bond donors (Lipinski definition) is 0. The zero-order chi connectivity index (χ0) is 10.1. The number of fused-ring (bicyclic) bond motifs is 1. The number of benzene rings is 1. The summed E-state index contributed by atoms with van der Waals surface area (Å²) in [6.07, 6.45) is 0. The maximum atomic E-state index is 5.22. The Bertz CT molecular complexity index is 333. The van der Waals surface area contributed by atoms with Gasteiger partial charge in [-0.1, -0.05) is 6.07 Å². The van der Waals surface area contributed by atoms with Crippen molar-refractivity contribution in [1.82, 2.24) is 4.90 Å². The number of ether oxygens (including phenoxy) is 1. The topological polar surface area (TPSA) is 12.5 Å². The van der Waals surface area contributed by atoms with Gasteiger partial charge in [-0.05, 0) is 37.1 Å². The molecule has 0 radical (unpaired) electrons. The molecule has 0 aromatic heterocycles. The third kappa shape index (κ3) is 1.62. The number of nitrogens with zero attached hydrogens (tertiary/aromatic N) is 1. The molecule has 2 nitrogen and oxygen atoms in total. The minimum atomic E-state index is 0.619. The molecular weight excluding hydrogens is 174 g/mol. The molecule has 0 unspecified atom stereocenters. The van der Waals surface area contributed by atoms with Gasteiger partial charge in [-0.3, -0.25) is 4.90 Å². The maximum absolute atomic E-state index is 5.22. The van der Waals surface area contributed by atoms with Crippen LogP contribution < -0.4 is 4.74 Å². The number of hydrogen-bond acceptors (Lipinski definition) is 2. The Morgan fingerprint density at radius 1 is 1.21 bits per heavy atom. The molecule has 0 fully saturated rings. The lowest BCUT2D eigenvalue weighted by Gasteiger charge is -2.18. The van der Waals surface area contributed by atoms with Crippen molar-refractivity contribution in [3.8, 4) is 5.75 Å². The summed E-state index contributed by atoms with van der Waals surface area (Å²) in [6.45, 7) is 6.62. The second-order valence-electron chi connectivity index (χ2n) is 4.13. The predicted octanol–water partition coefficient (Wildman–Crippen LogP) is 2.42. The SMILES string of the molecule is COc1ccc2c(c1)CN(C(C)C)C2. The summed E-state index contributed by atoms with van der Waals surface area (Å²) in [6, 6.07) is 6.99. The van der Waals surface area contributed by atoms with Crippen LogP contribution in [0.4, 0.5) is 0 Å². The summed E-state index contributed by atoms with van der Waals surface area (Å²) < 4.78 is 5.22. The maximum Gasteiger partial charge on any atom is 0.119 e. The third-order valence-electron chi connectivity index (χ3n) is 2.89. The summed E-state index contributed by atoms with van der Waals surface area (Å²) in [5.41, 5.74) is 2.86. The van der Waals surface area contributed by atoms with E-state index in [9.17, 15) is 0 Å². The van der Waals surface area contributed by atoms with Gasteiger partial charge in [0.05, 0.1) is 7.11 Å². The average Bonchev–Trinajstić information content (AvgIpc) is 2.59. The van der Waals surface area contributed by atoms with Crippen LogP contribution in [0.15, 0.2) is 18.2 Å². The molecule has 0 saturated carbocycles. The molecule has 1 aromatic rings. The van der Waals surface area contributed by atoms with Gasteiger partial charge in [0.25, 0.3) is 0 Å². The van der Waals surface area contributed by atoms with Crippen molar-refractivity contribution >= 4 is 0 Å². The van der Waals surface area contributed by atoms with Gasteiger partial charge in [-0.2, -0.15) is 0 Å². The van der Waals surface area contributed by atoms with E-state index in [2.05, 4.69) is 30.9 Å². The van der Waals surface area contributed by atoms with E-state index in [1.165, 1.54) is 11.1 Å². The highest BCUT2D eigenvalue weighted by molar-refractivity contribution is 5.37. The molecular formula is C12H17NO. The van der Waals surface area contributed by atoms with E-state index in [0.717, 1.165) is 18.8 Å². The first-order valence-corrected chi connectivity index (χ1v) is 5.10. The van der Waals surface area contributed by atoms with Crippen LogP contribution in [0.2, 0.25) is 0 Å². The van der Waals surface area contributed by atoms with Crippen molar-refractivity contribution in [3.63, 3.8) is 0 Å². The zero-order valence-electron chi connectivity index (χ0n) is 9.08. The van der Waals surface area contributed by atoms with Crippen LogP contribution in [-0.4, -0.2) is 18.1 Å². The van der Waals surface area contributed by atoms with E-state index in [1.54, 1.807) is 7.11 Å². The number of rotatable bonds is 2. The highest BCUT2D eigenvalue weighted by atomic mass is 16.5. The van der Waals surface area contributed by atoms with E-state index in [4.69, 9.17) is 4.74 Å². The fraction of sp³-hybridized carbons (Fsp3) is 0.500. The van der Waals surface area contributed by atoms with Crippen molar-refractivity contribution in [1.29, 1.82) is 0 Å². The Morgan fingerprint density at radius 3 is 2.57 bits per heavy atom. The fourth-order valence-electron chi connectivity index (χ4n) is 1.89. The molecule has 1 aliphatic heterocycles. The molecule has 0 spiro atoms. The molecule has 1 heterocycles. The summed E-state index contributed by atoms with van der Waals surface area (Å²) in [4.78, 5) is 2.46. The first-order valence-electron chi connectivity index (χ1n) is 5.10. The van der Waals surface area contributed by atoms with Crippen molar-refractivity contribution in [2.75, 3.05) is 7.11 Å². The quantitative estimate of drug-likeness (QED) is 0.711. The Hall–Kier alpha value is -1.02. The Balaban J connectivity index is 2.22. The van der Waals surface area contributed by atoms with Gasteiger partial charge in [-0.25, -0.2) is 0 Å². The van der Waals surface area contributed by atoms with E-state index >= 15 is 0 Å². The van der Waals surface area contributed by atoms with Crippen LogP contribution in [-0.2, 0) is 13.1 Å². The largest absolute Gasteiger partial charge is 0.497 e. The van der Waals surface area contributed by atoms with E-state index < -0.39 is 0 Å². The van der Waals surface area contributed by atoms with Gasteiger partial charge in [0, 0.05) is 19.1 Å². The minimum absolute atomic E-state index is 0.619. The standard InChI is InChI=1S/C12H17NO/c1-9(2)13-7-10-4-5-12(14-3)6-11(10)8-13/h4-6,9H,7-8H2,1-3H3. The normalized spacial score (nSPS) is 16.0. The molecule has 0 atom stereocenters. The summed E-state index contributed by atoms with van der Waals surface area (Å²) in [5, 5.41) is 0. The van der Waals surface area contributed by atoms with E-state index in [0.29, 0.717) is 6.04 Å². The first-order chi connectivity index (χ1) is 6.70. The Morgan fingerprint density at radius 2 is 1.93 bits per heavy atom. The molecule has 0 N–H and O–H groups in total. The van der Waals surface area contributed by atoms with Crippen molar-refractivity contribution in [3.05, 3.63) is 29.3 Å². The smallest absolute Gasteiger partial charge is 0.119 e. The molecule has 2 heteroatoms. The molecule has 0 amide bonds. The molecule has 76 valence electrons. The van der Waals surface area contributed by atoms with E-state index in [-0.39, 0.29) is 0 Å². The molecule has 0 aliphatic carbocycles. The Kier molecular flexibility index (Phi) is 2.46. The molecule has 2 rings (SSSR count). The van der Waals surface area contributed by atoms with Crippen LogP contribution in [0.25, 0.3) is 0 Å². The van der Waals surface area contributed by atoms with Gasteiger partial charge in [0.1, 0.15) is 5.75 Å². The second kappa shape index (κ2) is 3.62. The van der Waals surface area contributed by atoms with Gasteiger partial charge in [0.15, 0.2) is 0 Å². The molecule has 14 heavy (non-hydrogen) atoms. The zero-order valence-corrected chi connectivity index (χ0v) is 9.08. The lowest BCUT2D eigenvalue weighted by Crippen LogP contribution is -2.24. The number of methoxy groups -OCH3 is 1. The molecule has 1 aromatic carbocycles. The van der Waals surface area contributed by atoms with Crippen LogP contribution in [0.5, 0.6) is 5.75 Å². The van der Waals surface area contributed by atoms with Gasteiger partial charge < -0.3 is 4.74 Å². The predicted molar refractivity (Wildman–Crippen MR) is 57.4 cm³/mol. The van der Waals surface area contributed by atoms with Gasteiger partial charge in [0.2, 0.25) is 0 Å². The molecule has 1 aliphatic rings. The van der Waals surface area contributed by atoms with Crippen molar-refractivity contribution in [2.24, 2.45) is 0 Å². The lowest BCUT2D eigenvalue weighted by molar-refractivity contribution is 0.227. The lowest BCUT2D eigenvalue weighted by atomic mass is 10.1. The summed E-state index contributed by atoms with van der Waals surface area (Å²) >= 11 is 0. The highest BCUT2D eigenvalue weighted by Gasteiger charge is 2.20. The second-order valence-corrected chi connectivity index (χ2v) is 4.13. The van der Waals surface area contributed by atoms with Crippen LogP contribution in [0.3, 0.4) is 0 Å². The van der Waals surface area contributed by atoms with Crippen LogP contribution >= 0.6 is 0 Å². The summed E-state index contributed by atoms with van der Waals surface area (Å²) in [5.74, 6) is 0.967. The monoisotopic (exact) mass is 191 g/mol. The third-order valence-corrected chi connectivity index (χ3v) is 2.89. The van der Waals surface area contributed by atoms with Crippen molar-refractivity contribution < 1.29 is 4.74 Å². The van der Waals surface area contributed by atoms with Gasteiger partial charge >= 0.3 is 0 Å². The van der Waals surface area contributed by atoms with E-state index in [1.807, 2.05) is 6.07 Å². The van der Waals surface area contributed by atoms with Crippen molar-refractivity contribution in [2.45, 2.75) is 33.0 Å². The highest BCUT2D eigenvalue weighted by Crippen LogP contribution is 2.27. The Labute approximate surface area is 85.5 Å². The van der Waals surface area contributed by atoms with Crippen LogP contribution in [0.1, 0.15) is 25.0 Å². The first kappa shape index (κ1) is 9.53. The average molecular weight is 191 g/mol. The molecule has 0 bridgehead atoms. The fourth-order valence-corrected chi connectivity index (χ4v) is 1.89. The van der Waals surface area contributed by atoms with Gasteiger partial charge in [-0.15, -0.1) is 0 Å². The minimum Gasteiger partial charge on any atom is -0.497 e.